The highest BCUT2D eigenvalue weighted by molar-refractivity contribution is 6.33. The number of ketones is 1. The van der Waals surface area contributed by atoms with E-state index < -0.39 is 29.2 Å². The fourth-order valence-electron chi connectivity index (χ4n) is 2.77. The number of para-hydroxylation sites is 1. The third kappa shape index (κ3) is 7.14. The summed E-state index contributed by atoms with van der Waals surface area (Å²) in [6.45, 7) is -0.465. The molecule has 0 heterocycles. The van der Waals surface area contributed by atoms with Crippen molar-refractivity contribution in [2.24, 2.45) is 0 Å². The number of nitro benzene ring substituents is 1. The monoisotopic (exact) mass is 482 g/mol. The van der Waals surface area contributed by atoms with Crippen LogP contribution < -0.4 is 10.1 Å². The predicted molar refractivity (Wildman–Crippen MR) is 124 cm³/mol. The molecule has 0 unspecified atom stereocenters. The summed E-state index contributed by atoms with van der Waals surface area (Å²) in [6.07, 6.45) is -0.307. The van der Waals surface area contributed by atoms with E-state index in [0.717, 1.165) is 0 Å². The van der Waals surface area contributed by atoms with Crippen LogP contribution in [0.2, 0.25) is 5.02 Å². The largest absolute Gasteiger partial charge is 0.457 e. The van der Waals surface area contributed by atoms with Crippen LogP contribution in [-0.4, -0.2) is 29.2 Å². The first-order valence-electron chi connectivity index (χ1n) is 10.1. The Morgan fingerprint density at radius 1 is 0.882 bits per heavy atom. The van der Waals surface area contributed by atoms with Crippen molar-refractivity contribution in [3.05, 3.63) is 93.5 Å². The van der Waals surface area contributed by atoms with Crippen LogP contribution in [0.3, 0.4) is 0 Å². The molecule has 0 aromatic heterocycles. The molecule has 0 aliphatic carbocycles. The average molecular weight is 483 g/mol. The van der Waals surface area contributed by atoms with Crippen molar-refractivity contribution in [1.29, 1.82) is 0 Å². The molecule has 174 valence electrons. The van der Waals surface area contributed by atoms with Gasteiger partial charge in [-0.05, 0) is 48.5 Å². The second-order valence-corrected chi connectivity index (χ2v) is 7.40. The number of nitrogens with zero attached hydrogens (tertiary/aromatic N) is 1. The summed E-state index contributed by atoms with van der Waals surface area (Å²) in [5.41, 5.74) is 0.697. The Morgan fingerprint density at radius 2 is 1.50 bits per heavy atom. The molecule has 0 bridgehead atoms. The number of amides is 1. The standard InChI is InChI=1S/C24H19ClN2O7/c25-20-3-1-2-4-21(20)26-23(29)13-14-24(30)33-15-22(28)16-5-9-18(10-6-16)34-19-11-7-17(8-12-19)27(31)32/h1-12H,13-15H2,(H,26,29). The smallest absolute Gasteiger partial charge is 0.306 e. The van der Waals surface area contributed by atoms with E-state index in [4.69, 9.17) is 21.1 Å². The molecular formula is C24H19ClN2O7. The Kier molecular flexibility index (Phi) is 8.31. The number of ether oxygens (including phenoxy) is 2. The summed E-state index contributed by atoms with van der Waals surface area (Å²) < 4.78 is 10.5. The van der Waals surface area contributed by atoms with Gasteiger partial charge in [-0.1, -0.05) is 23.7 Å². The van der Waals surface area contributed by atoms with Crippen molar-refractivity contribution >= 4 is 40.6 Å². The maximum atomic E-state index is 12.3. The molecule has 0 aliphatic heterocycles. The van der Waals surface area contributed by atoms with E-state index in [0.29, 0.717) is 27.8 Å². The first kappa shape index (κ1) is 24.4. The molecule has 1 amide bonds. The zero-order valence-corrected chi connectivity index (χ0v) is 18.5. The minimum absolute atomic E-state index is 0.0518. The lowest BCUT2D eigenvalue weighted by Gasteiger charge is -2.08. The fourth-order valence-corrected chi connectivity index (χ4v) is 2.96. The number of nitrogens with one attached hydrogen (secondary N) is 1. The zero-order valence-electron chi connectivity index (χ0n) is 17.7. The lowest BCUT2D eigenvalue weighted by atomic mass is 10.1. The third-order valence-corrected chi connectivity index (χ3v) is 4.86. The maximum absolute atomic E-state index is 12.3. The van der Waals surface area contributed by atoms with Gasteiger partial charge < -0.3 is 14.8 Å². The highest BCUT2D eigenvalue weighted by Gasteiger charge is 2.13. The van der Waals surface area contributed by atoms with Crippen molar-refractivity contribution in [1.82, 2.24) is 0 Å². The quantitative estimate of drug-likeness (QED) is 0.182. The number of non-ortho nitro benzene ring substituents is 1. The van der Waals surface area contributed by atoms with Crippen molar-refractivity contribution < 1.29 is 28.8 Å². The van der Waals surface area contributed by atoms with Crippen LogP contribution in [-0.2, 0) is 14.3 Å². The Labute approximate surface area is 199 Å². The van der Waals surface area contributed by atoms with Crippen molar-refractivity contribution in [2.75, 3.05) is 11.9 Å². The first-order valence-corrected chi connectivity index (χ1v) is 10.4. The summed E-state index contributed by atoms with van der Waals surface area (Å²) in [7, 11) is 0. The highest BCUT2D eigenvalue weighted by Crippen LogP contribution is 2.24. The van der Waals surface area contributed by atoms with Crippen LogP contribution in [0.5, 0.6) is 11.5 Å². The molecule has 0 saturated carbocycles. The Balaban J connectivity index is 1.42. The Bertz CT molecular complexity index is 1190. The van der Waals surface area contributed by atoms with Gasteiger partial charge in [-0.3, -0.25) is 24.5 Å². The molecule has 10 heteroatoms. The Morgan fingerprint density at radius 3 is 2.12 bits per heavy atom. The topological polar surface area (TPSA) is 125 Å². The molecule has 3 rings (SSSR count). The van der Waals surface area contributed by atoms with E-state index in [1.54, 1.807) is 36.4 Å². The van der Waals surface area contributed by atoms with Gasteiger partial charge in [0.15, 0.2) is 12.4 Å². The van der Waals surface area contributed by atoms with Gasteiger partial charge in [0.1, 0.15) is 11.5 Å². The lowest BCUT2D eigenvalue weighted by Crippen LogP contribution is -2.17. The van der Waals surface area contributed by atoms with Gasteiger partial charge in [-0.25, -0.2) is 0 Å². The van der Waals surface area contributed by atoms with Gasteiger partial charge in [-0.2, -0.15) is 0 Å². The number of carbonyl (C=O) groups is 3. The van der Waals surface area contributed by atoms with Crippen LogP contribution >= 0.6 is 11.6 Å². The Hall–Kier alpha value is -4.24. The number of rotatable bonds is 10. The molecule has 0 atom stereocenters. The summed E-state index contributed by atoms with van der Waals surface area (Å²) in [5.74, 6) is -0.680. The van der Waals surface area contributed by atoms with E-state index in [1.165, 1.54) is 36.4 Å². The van der Waals surface area contributed by atoms with Crippen LogP contribution in [0.15, 0.2) is 72.8 Å². The lowest BCUT2D eigenvalue weighted by molar-refractivity contribution is -0.384. The second-order valence-electron chi connectivity index (χ2n) is 6.99. The predicted octanol–water partition coefficient (Wildman–Crippen LogP) is 5.19. The molecule has 0 aliphatic rings. The molecule has 0 fully saturated rings. The van der Waals surface area contributed by atoms with Gasteiger partial charge in [0, 0.05) is 24.1 Å². The summed E-state index contributed by atoms with van der Waals surface area (Å²) in [5, 5.41) is 13.7. The number of hydrogen-bond donors (Lipinski definition) is 1. The molecule has 9 nitrogen and oxygen atoms in total. The van der Waals surface area contributed by atoms with Gasteiger partial charge in [0.25, 0.3) is 5.69 Å². The third-order valence-electron chi connectivity index (χ3n) is 4.53. The van der Waals surface area contributed by atoms with E-state index in [9.17, 15) is 24.5 Å². The van der Waals surface area contributed by atoms with Crippen LogP contribution in [0.1, 0.15) is 23.2 Å². The SMILES string of the molecule is O=C(CCC(=O)OCC(=O)c1ccc(Oc2ccc([N+](=O)[O-])cc2)cc1)Nc1ccccc1Cl. The molecule has 1 N–H and O–H groups in total. The molecule has 3 aromatic carbocycles. The number of carbonyl (C=O) groups excluding carboxylic acids is 3. The fraction of sp³-hybridized carbons (Fsp3) is 0.125. The summed E-state index contributed by atoms with van der Waals surface area (Å²) in [6, 6.07) is 18.4. The van der Waals surface area contributed by atoms with E-state index in [1.807, 2.05) is 0 Å². The van der Waals surface area contributed by atoms with Gasteiger partial charge in [0.2, 0.25) is 5.91 Å². The minimum atomic E-state index is -0.680. The number of hydrogen-bond acceptors (Lipinski definition) is 7. The molecule has 34 heavy (non-hydrogen) atoms. The van der Waals surface area contributed by atoms with Crippen molar-refractivity contribution in [3.8, 4) is 11.5 Å². The van der Waals surface area contributed by atoms with Gasteiger partial charge >= 0.3 is 5.97 Å². The minimum Gasteiger partial charge on any atom is -0.457 e. The number of halogens is 1. The van der Waals surface area contributed by atoms with Crippen LogP contribution in [0.4, 0.5) is 11.4 Å². The first-order chi connectivity index (χ1) is 16.3. The number of anilines is 1. The summed E-state index contributed by atoms with van der Waals surface area (Å²) >= 11 is 5.97. The van der Waals surface area contributed by atoms with E-state index in [-0.39, 0.29) is 18.5 Å². The number of Topliss-reactive ketones (excluding diaryl/α,β-unsaturated/α-hetero) is 1. The van der Waals surface area contributed by atoms with Gasteiger partial charge in [-0.15, -0.1) is 0 Å². The molecule has 0 saturated heterocycles. The molecule has 0 radical (unpaired) electrons. The maximum Gasteiger partial charge on any atom is 0.306 e. The number of benzene rings is 3. The van der Waals surface area contributed by atoms with Crippen LogP contribution in [0.25, 0.3) is 0 Å². The van der Waals surface area contributed by atoms with Crippen molar-refractivity contribution in [2.45, 2.75) is 12.8 Å². The normalized spacial score (nSPS) is 10.3. The molecule has 0 spiro atoms. The number of esters is 1. The van der Waals surface area contributed by atoms with E-state index >= 15 is 0 Å². The van der Waals surface area contributed by atoms with Crippen LogP contribution in [0, 0.1) is 10.1 Å². The molecule has 3 aromatic rings. The van der Waals surface area contributed by atoms with Crippen molar-refractivity contribution in [3.63, 3.8) is 0 Å². The molecular weight excluding hydrogens is 464 g/mol. The van der Waals surface area contributed by atoms with Gasteiger partial charge in [0.05, 0.1) is 22.1 Å². The highest BCUT2D eigenvalue weighted by atomic mass is 35.5. The summed E-state index contributed by atoms with van der Waals surface area (Å²) in [4.78, 5) is 46.3. The average Bonchev–Trinajstić information content (AvgIpc) is 2.83. The zero-order chi connectivity index (χ0) is 24.5. The number of nitro groups is 1. The van der Waals surface area contributed by atoms with E-state index in [2.05, 4.69) is 5.32 Å². The second kappa shape index (κ2) is 11.6.